The van der Waals surface area contributed by atoms with Crippen molar-refractivity contribution in [2.75, 3.05) is 32.7 Å². The topological polar surface area (TPSA) is 61.6 Å². The second-order valence-corrected chi connectivity index (χ2v) is 13.6. The number of carboxylic acid groups (broad SMARTS) is 1. The highest BCUT2D eigenvalue weighted by Crippen LogP contribution is 2.38. The molecular formula is C37H51FN4O2. The largest absolute Gasteiger partial charge is 0.480 e. The first-order valence-electron chi connectivity index (χ1n) is 16.8. The van der Waals surface area contributed by atoms with Crippen molar-refractivity contribution in [2.24, 2.45) is 11.8 Å². The summed E-state index contributed by atoms with van der Waals surface area (Å²) in [6.07, 6.45) is 3.83. The number of carbonyl (C=O) groups is 1. The summed E-state index contributed by atoms with van der Waals surface area (Å²) in [5, 5.41) is 15.1. The van der Waals surface area contributed by atoms with Crippen LogP contribution in [-0.2, 0) is 17.8 Å². The van der Waals surface area contributed by atoms with Gasteiger partial charge in [-0.1, -0.05) is 70.5 Å². The number of nitrogens with zero attached hydrogens (tertiary/aromatic N) is 4. The van der Waals surface area contributed by atoms with Crippen molar-refractivity contribution in [3.63, 3.8) is 0 Å². The maximum absolute atomic E-state index is 14.3. The van der Waals surface area contributed by atoms with Crippen LogP contribution in [0.5, 0.6) is 0 Å². The van der Waals surface area contributed by atoms with E-state index in [1.807, 2.05) is 13.0 Å². The molecule has 0 aliphatic carbocycles. The summed E-state index contributed by atoms with van der Waals surface area (Å²) < 4.78 is 16.5. The summed E-state index contributed by atoms with van der Waals surface area (Å²) >= 11 is 0. The van der Waals surface area contributed by atoms with Crippen molar-refractivity contribution >= 4 is 5.97 Å². The lowest BCUT2D eigenvalue weighted by molar-refractivity contribution is -0.145. The maximum Gasteiger partial charge on any atom is 0.321 e. The number of hydrogen-bond acceptors (Lipinski definition) is 4. The Morgan fingerprint density at radius 3 is 2.36 bits per heavy atom. The third-order valence-corrected chi connectivity index (χ3v) is 10.3. The third-order valence-electron chi connectivity index (χ3n) is 10.3. The van der Waals surface area contributed by atoms with Gasteiger partial charge in [-0.3, -0.25) is 14.4 Å². The fraction of sp³-hybridized carbons (Fsp3) is 0.568. The Morgan fingerprint density at radius 1 is 1.02 bits per heavy atom. The van der Waals surface area contributed by atoms with Crippen LogP contribution in [0, 0.1) is 17.7 Å². The third kappa shape index (κ3) is 7.43. The second-order valence-electron chi connectivity index (χ2n) is 13.6. The molecule has 0 amide bonds. The fourth-order valence-corrected chi connectivity index (χ4v) is 7.54. The predicted molar refractivity (Wildman–Crippen MR) is 175 cm³/mol. The van der Waals surface area contributed by atoms with E-state index < -0.39 is 12.0 Å². The number of rotatable bonds is 12. The van der Waals surface area contributed by atoms with E-state index in [1.165, 1.54) is 22.9 Å². The Balaban J connectivity index is 1.25. The van der Waals surface area contributed by atoms with E-state index in [-0.39, 0.29) is 23.6 Å². The molecule has 6 nitrogen and oxygen atoms in total. The fourth-order valence-electron chi connectivity index (χ4n) is 7.54. The lowest BCUT2D eigenvalue weighted by Crippen LogP contribution is -2.45. The quantitative estimate of drug-likeness (QED) is 0.239. The summed E-state index contributed by atoms with van der Waals surface area (Å²) in [4.78, 5) is 17.0. The Labute approximate surface area is 263 Å². The highest BCUT2D eigenvalue weighted by molar-refractivity contribution is 5.74. The molecule has 238 valence electrons. The number of carboxylic acids is 1. The van der Waals surface area contributed by atoms with E-state index in [2.05, 4.69) is 72.5 Å². The number of aliphatic carboxylic acids is 1. The summed E-state index contributed by atoms with van der Waals surface area (Å²) in [7, 11) is 0. The molecule has 4 unspecified atom stereocenters. The molecule has 44 heavy (non-hydrogen) atoms. The summed E-state index contributed by atoms with van der Waals surface area (Å²) in [6.45, 7) is 15.9. The van der Waals surface area contributed by atoms with Crippen molar-refractivity contribution in [3.8, 4) is 0 Å². The van der Waals surface area contributed by atoms with Gasteiger partial charge in [-0.15, -0.1) is 0 Å². The molecule has 1 N–H and O–H groups in total. The zero-order chi connectivity index (χ0) is 31.4. The molecule has 0 spiro atoms. The standard InChI is InChI=1S/C37H51FN4O2/c1-6-26(5)36(37(43)44)41-23-31(34(24-41)30-9-8-10-32(38)20-30)22-40-17-15-29(16-18-40)35-21-33(39-42(35)7-2)19-27-11-13-28(14-12-27)25(3)4/h8-14,20-21,25-26,29,31,34,36H,6-7,15-19,22-24H2,1-5H3,(H,43,44). The van der Waals surface area contributed by atoms with Crippen LogP contribution in [0.1, 0.15) is 99.7 Å². The molecule has 0 radical (unpaired) electrons. The van der Waals surface area contributed by atoms with Crippen LogP contribution in [-0.4, -0.2) is 69.4 Å². The molecule has 0 saturated carbocycles. The Hall–Kier alpha value is -3.03. The summed E-state index contributed by atoms with van der Waals surface area (Å²) in [5.41, 5.74) is 6.14. The van der Waals surface area contributed by atoms with Crippen molar-refractivity contribution in [1.29, 1.82) is 0 Å². The molecule has 2 aromatic carbocycles. The minimum absolute atomic E-state index is 0.0582. The van der Waals surface area contributed by atoms with Crippen LogP contribution >= 0.6 is 0 Å². The lowest BCUT2D eigenvalue weighted by atomic mass is 9.87. The van der Waals surface area contributed by atoms with E-state index in [0.29, 0.717) is 18.4 Å². The molecule has 1 aromatic heterocycles. The van der Waals surface area contributed by atoms with Crippen LogP contribution in [0.15, 0.2) is 54.6 Å². The second kappa shape index (κ2) is 14.4. The smallest absolute Gasteiger partial charge is 0.321 e. The van der Waals surface area contributed by atoms with E-state index in [1.54, 1.807) is 12.1 Å². The summed E-state index contributed by atoms with van der Waals surface area (Å²) in [6, 6.07) is 17.7. The molecule has 7 heteroatoms. The number of benzene rings is 2. The van der Waals surface area contributed by atoms with Gasteiger partial charge in [0.15, 0.2) is 0 Å². The zero-order valence-corrected chi connectivity index (χ0v) is 27.3. The lowest BCUT2D eigenvalue weighted by Gasteiger charge is -2.35. The van der Waals surface area contributed by atoms with Gasteiger partial charge in [0.25, 0.3) is 0 Å². The van der Waals surface area contributed by atoms with Gasteiger partial charge in [-0.05, 0) is 85.5 Å². The molecule has 4 atom stereocenters. The number of likely N-dealkylation sites (tertiary alicyclic amines) is 2. The van der Waals surface area contributed by atoms with Gasteiger partial charge in [0.05, 0.1) is 5.69 Å². The predicted octanol–water partition coefficient (Wildman–Crippen LogP) is 7.15. The molecule has 0 bridgehead atoms. The minimum Gasteiger partial charge on any atom is -0.480 e. The first-order valence-corrected chi connectivity index (χ1v) is 16.8. The number of halogens is 1. The highest BCUT2D eigenvalue weighted by Gasteiger charge is 2.42. The Bertz CT molecular complexity index is 1380. The first kappa shape index (κ1) is 32.4. The molecule has 2 aliphatic heterocycles. The molecular weight excluding hydrogens is 551 g/mol. The van der Waals surface area contributed by atoms with Gasteiger partial charge in [-0.25, -0.2) is 4.39 Å². The molecule has 3 heterocycles. The van der Waals surface area contributed by atoms with Crippen LogP contribution < -0.4 is 0 Å². The van der Waals surface area contributed by atoms with Crippen molar-refractivity contribution in [3.05, 3.63) is 88.5 Å². The number of aryl methyl sites for hydroxylation is 1. The van der Waals surface area contributed by atoms with Crippen LogP contribution in [0.4, 0.5) is 4.39 Å². The SMILES string of the molecule is CCC(C)C(C(=O)O)N1CC(CN2CCC(c3cc(Cc4ccc(C(C)C)cc4)nn3CC)CC2)C(c2cccc(F)c2)C1. The minimum atomic E-state index is -0.752. The van der Waals surface area contributed by atoms with Gasteiger partial charge in [0.2, 0.25) is 0 Å². The maximum atomic E-state index is 14.3. The van der Waals surface area contributed by atoms with E-state index in [0.717, 1.165) is 69.7 Å². The van der Waals surface area contributed by atoms with Gasteiger partial charge in [-0.2, -0.15) is 5.10 Å². The zero-order valence-electron chi connectivity index (χ0n) is 27.3. The first-order chi connectivity index (χ1) is 21.2. The van der Waals surface area contributed by atoms with Crippen molar-refractivity contribution in [2.45, 2.75) is 90.6 Å². The van der Waals surface area contributed by atoms with Crippen molar-refractivity contribution < 1.29 is 14.3 Å². The number of piperidine rings is 1. The number of aromatic nitrogens is 2. The van der Waals surface area contributed by atoms with E-state index in [9.17, 15) is 14.3 Å². The normalized spacial score (nSPS) is 21.6. The molecule has 3 aromatic rings. The molecule has 5 rings (SSSR count). The Morgan fingerprint density at radius 2 is 1.75 bits per heavy atom. The van der Waals surface area contributed by atoms with Gasteiger partial charge in [0.1, 0.15) is 11.9 Å². The summed E-state index contributed by atoms with van der Waals surface area (Å²) in [5.74, 6) is 0.476. The van der Waals surface area contributed by atoms with Crippen LogP contribution in [0.2, 0.25) is 0 Å². The average molecular weight is 603 g/mol. The van der Waals surface area contributed by atoms with Gasteiger partial charge >= 0.3 is 5.97 Å². The average Bonchev–Trinajstić information content (AvgIpc) is 3.61. The van der Waals surface area contributed by atoms with Crippen LogP contribution in [0.3, 0.4) is 0 Å². The highest BCUT2D eigenvalue weighted by atomic mass is 19.1. The van der Waals surface area contributed by atoms with E-state index >= 15 is 0 Å². The molecule has 2 saturated heterocycles. The number of hydrogen-bond donors (Lipinski definition) is 1. The molecule has 2 aliphatic rings. The van der Waals surface area contributed by atoms with Crippen molar-refractivity contribution in [1.82, 2.24) is 19.6 Å². The van der Waals surface area contributed by atoms with E-state index in [4.69, 9.17) is 5.10 Å². The van der Waals surface area contributed by atoms with Gasteiger partial charge < -0.3 is 10.0 Å². The van der Waals surface area contributed by atoms with Gasteiger partial charge in [0, 0.05) is 50.1 Å². The molecule has 2 fully saturated rings. The Kier molecular flexibility index (Phi) is 10.6. The van der Waals surface area contributed by atoms with Crippen LogP contribution in [0.25, 0.3) is 0 Å². The monoisotopic (exact) mass is 602 g/mol.